The average Bonchev–Trinajstić information content (AvgIpc) is 3.42. The number of nitrogens with zero attached hydrogens (tertiary/aromatic N) is 2. The van der Waals surface area contributed by atoms with E-state index in [1.165, 1.54) is 54.2 Å². The zero-order valence-electron chi connectivity index (χ0n) is 24.4. The first-order chi connectivity index (χ1) is 21.1. The molecule has 1 N–H and O–H groups in total. The van der Waals surface area contributed by atoms with E-state index in [1.54, 1.807) is 0 Å². The van der Waals surface area contributed by atoms with Crippen LogP contribution in [0, 0.1) is 6.92 Å². The van der Waals surface area contributed by atoms with Gasteiger partial charge in [-0.2, -0.15) is 0 Å². The maximum absolute atomic E-state index is 11.4. The van der Waals surface area contributed by atoms with Gasteiger partial charge < -0.3 is 5.11 Å². The molecule has 43 heavy (non-hydrogen) atoms. The lowest BCUT2D eigenvalue weighted by atomic mass is 9.95. The topological polar surface area (TPSA) is 26.7 Å². The molecule has 7 aromatic rings. The molecule has 0 spiro atoms. The van der Waals surface area contributed by atoms with Crippen LogP contribution in [0.3, 0.4) is 0 Å². The quantitative estimate of drug-likeness (QED) is 0.213. The van der Waals surface area contributed by atoms with Crippen molar-refractivity contribution in [1.29, 1.82) is 0 Å². The van der Waals surface area contributed by atoms with E-state index in [-0.39, 0.29) is 6.17 Å². The van der Waals surface area contributed by atoms with Crippen molar-refractivity contribution in [3.05, 3.63) is 150 Å². The molecule has 0 bridgehead atoms. The van der Waals surface area contributed by atoms with Gasteiger partial charge in [0, 0.05) is 31.7 Å². The van der Waals surface area contributed by atoms with Gasteiger partial charge >= 0.3 is 0 Å². The number of phenols is 1. The first-order valence-corrected chi connectivity index (χ1v) is 15.2. The smallest absolute Gasteiger partial charge is 0.121 e. The molecule has 0 aromatic heterocycles. The van der Waals surface area contributed by atoms with Crippen LogP contribution >= 0.6 is 0 Å². The van der Waals surface area contributed by atoms with Crippen LogP contribution < -0.4 is 0 Å². The summed E-state index contributed by atoms with van der Waals surface area (Å²) in [5.74, 6) is 0.368. The van der Waals surface area contributed by atoms with Gasteiger partial charge in [0.15, 0.2) is 0 Å². The molecule has 7 aromatic carbocycles. The molecule has 210 valence electrons. The summed E-state index contributed by atoms with van der Waals surface area (Å²) in [5.41, 5.74) is 4.74. The molecule has 0 saturated carbocycles. The van der Waals surface area contributed by atoms with Crippen molar-refractivity contribution >= 4 is 43.1 Å². The van der Waals surface area contributed by atoms with Crippen molar-refractivity contribution in [2.24, 2.45) is 0 Å². The summed E-state index contributed by atoms with van der Waals surface area (Å²) in [4.78, 5) is 5.12. The Labute approximate surface area is 252 Å². The SMILES string of the molecule is Cc1ccc(C2N(Cc3c4ccccc4cc4ccccc34)CCN2Cc2c3ccccc3cc3ccccc23)c(O)c1. The summed E-state index contributed by atoms with van der Waals surface area (Å²) in [5, 5.41) is 21.6. The zero-order chi connectivity index (χ0) is 28.9. The minimum atomic E-state index is -0.0592. The minimum Gasteiger partial charge on any atom is -0.508 e. The second-order valence-corrected chi connectivity index (χ2v) is 12.0. The highest BCUT2D eigenvalue weighted by Gasteiger charge is 2.35. The molecule has 1 heterocycles. The first kappa shape index (κ1) is 26.0. The van der Waals surface area contributed by atoms with E-state index in [1.807, 2.05) is 13.0 Å². The van der Waals surface area contributed by atoms with Crippen LogP contribution in [0.5, 0.6) is 5.75 Å². The molecule has 3 heteroatoms. The molecular formula is C40H34N2O. The predicted molar refractivity (Wildman–Crippen MR) is 179 cm³/mol. The Morgan fingerprint density at radius 1 is 0.535 bits per heavy atom. The van der Waals surface area contributed by atoms with Crippen molar-refractivity contribution in [1.82, 2.24) is 9.80 Å². The number of fused-ring (bicyclic) bond motifs is 4. The Bertz CT molecular complexity index is 1910. The van der Waals surface area contributed by atoms with Crippen molar-refractivity contribution < 1.29 is 5.11 Å². The second kappa shape index (κ2) is 10.5. The minimum absolute atomic E-state index is 0.0592. The van der Waals surface area contributed by atoms with Gasteiger partial charge in [0.2, 0.25) is 0 Å². The van der Waals surface area contributed by atoms with E-state index in [4.69, 9.17) is 0 Å². The van der Waals surface area contributed by atoms with Gasteiger partial charge in [0.1, 0.15) is 5.75 Å². The molecule has 1 aliphatic heterocycles. The third kappa shape index (κ3) is 4.53. The van der Waals surface area contributed by atoms with Crippen LogP contribution in [-0.4, -0.2) is 28.0 Å². The number of aromatic hydroxyl groups is 1. The van der Waals surface area contributed by atoms with Gasteiger partial charge in [-0.1, -0.05) is 109 Å². The van der Waals surface area contributed by atoms with Crippen molar-refractivity contribution in [2.75, 3.05) is 13.1 Å². The lowest BCUT2D eigenvalue weighted by Crippen LogP contribution is -2.31. The largest absolute Gasteiger partial charge is 0.508 e. The van der Waals surface area contributed by atoms with Gasteiger partial charge in [0.05, 0.1) is 6.17 Å². The number of benzene rings is 7. The van der Waals surface area contributed by atoms with Crippen LogP contribution in [0.15, 0.2) is 127 Å². The molecule has 0 aliphatic carbocycles. The van der Waals surface area contributed by atoms with Crippen molar-refractivity contribution in [3.63, 3.8) is 0 Å². The van der Waals surface area contributed by atoms with E-state index < -0.39 is 0 Å². The van der Waals surface area contributed by atoms with E-state index in [0.717, 1.165) is 37.3 Å². The van der Waals surface area contributed by atoms with Crippen LogP contribution in [0.4, 0.5) is 0 Å². The Kier molecular flexibility index (Phi) is 6.36. The van der Waals surface area contributed by atoms with Gasteiger partial charge in [0.25, 0.3) is 0 Å². The fraction of sp³-hybridized carbons (Fsp3) is 0.150. The van der Waals surface area contributed by atoms with E-state index >= 15 is 0 Å². The zero-order valence-corrected chi connectivity index (χ0v) is 24.4. The molecule has 0 atom stereocenters. The lowest BCUT2D eigenvalue weighted by molar-refractivity contribution is 0.124. The van der Waals surface area contributed by atoms with Gasteiger partial charge in [-0.25, -0.2) is 0 Å². The number of aryl methyl sites for hydroxylation is 1. The summed E-state index contributed by atoms with van der Waals surface area (Å²) in [6.45, 7) is 5.47. The third-order valence-electron chi connectivity index (χ3n) is 9.32. The van der Waals surface area contributed by atoms with Crippen molar-refractivity contribution in [2.45, 2.75) is 26.2 Å². The van der Waals surface area contributed by atoms with Crippen molar-refractivity contribution in [3.8, 4) is 5.75 Å². The third-order valence-corrected chi connectivity index (χ3v) is 9.32. The first-order valence-electron chi connectivity index (χ1n) is 15.2. The molecule has 0 amide bonds. The average molecular weight is 559 g/mol. The van der Waals surface area contributed by atoms with Gasteiger partial charge in [-0.3, -0.25) is 9.80 Å². The summed E-state index contributed by atoms with van der Waals surface area (Å²) in [6.07, 6.45) is -0.0592. The van der Waals surface area contributed by atoms with Crippen LogP contribution in [-0.2, 0) is 13.1 Å². The molecule has 1 saturated heterocycles. The number of hydrogen-bond acceptors (Lipinski definition) is 3. The Morgan fingerprint density at radius 2 is 0.930 bits per heavy atom. The standard InChI is InChI=1S/C40H34N2O/c1-27-18-19-36(39(43)22-27)40-41(25-37-32-14-6-2-10-28(32)23-29-11-3-7-15-33(29)37)20-21-42(40)26-38-34-16-8-4-12-30(34)24-31-13-5-9-17-35(31)38/h2-19,22-24,40,43H,20-21,25-26H2,1H3. The molecule has 8 rings (SSSR count). The fourth-order valence-corrected chi connectivity index (χ4v) is 7.29. The van der Waals surface area contributed by atoms with E-state index in [0.29, 0.717) is 5.75 Å². The highest BCUT2D eigenvalue weighted by Crippen LogP contribution is 2.41. The Balaban J connectivity index is 1.27. The Morgan fingerprint density at radius 3 is 1.33 bits per heavy atom. The highest BCUT2D eigenvalue weighted by molar-refractivity contribution is 6.03. The van der Waals surface area contributed by atoms with Crippen LogP contribution in [0.1, 0.15) is 28.4 Å². The maximum atomic E-state index is 11.4. The molecular weight excluding hydrogens is 524 g/mol. The highest BCUT2D eigenvalue weighted by atomic mass is 16.3. The number of hydrogen-bond donors (Lipinski definition) is 1. The monoisotopic (exact) mass is 558 g/mol. The summed E-state index contributed by atoms with van der Waals surface area (Å²) >= 11 is 0. The van der Waals surface area contributed by atoms with Crippen LogP contribution in [0.2, 0.25) is 0 Å². The summed E-state index contributed by atoms with van der Waals surface area (Å²) in [7, 11) is 0. The second-order valence-electron chi connectivity index (χ2n) is 12.0. The molecule has 3 nitrogen and oxygen atoms in total. The van der Waals surface area contributed by atoms with Gasteiger partial charge in [-0.15, -0.1) is 0 Å². The predicted octanol–water partition coefficient (Wildman–Crippen LogP) is 9.33. The van der Waals surface area contributed by atoms with E-state index in [9.17, 15) is 5.11 Å². The maximum Gasteiger partial charge on any atom is 0.121 e. The molecule has 1 aliphatic rings. The number of rotatable bonds is 5. The Hall–Kier alpha value is -4.70. The molecule has 0 radical (unpaired) electrons. The molecule has 1 fully saturated rings. The summed E-state index contributed by atoms with van der Waals surface area (Å²) in [6, 6.07) is 45.8. The normalized spacial score (nSPS) is 14.9. The molecule has 0 unspecified atom stereocenters. The van der Waals surface area contributed by atoms with E-state index in [2.05, 4.69) is 131 Å². The fourth-order valence-electron chi connectivity index (χ4n) is 7.29. The summed E-state index contributed by atoms with van der Waals surface area (Å²) < 4.78 is 0. The lowest BCUT2D eigenvalue weighted by Gasteiger charge is -2.32. The van der Waals surface area contributed by atoms with Gasteiger partial charge in [-0.05, 0) is 84.9 Å². The number of phenolic OH excluding ortho intramolecular Hbond substituents is 1. The van der Waals surface area contributed by atoms with Crippen LogP contribution in [0.25, 0.3) is 43.1 Å².